The van der Waals surface area contributed by atoms with Crippen LogP contribution in [-0.4, -0.2) is 30.7 Å². The summed E-state index contributed by atoms with van der Waals surface area (Å²) < 4.78 is 6.67. The van der Waals surface area contributed by atoms with Gasteiger partial charge in [-0.05, 0) is 31.0 Å². The zero-order valence-corrected chi connectivity index (χ0v) is 11.3. The maximum Gasteiger partial charge on any atom is 0.419 e. The molecule has 1 N–H and O–H groups in total. The molecule has 5 nitrogen and oxygen atoms in total. The molecule has 1 aliphatic rings. The van der Waals surface area contributed by atoms with Crippen molar-refractivity contribution in [3.63, 3.8) is 0 Å². The van der Waals surface area contributed by atoms with Gasteiger partial charge in [-0.15, -0.1) is 0 Å². The number of oxazole rings is 1. The molecule has 5 heteroatoms. The summed E-state index contributed by atoms with van der Waals surface area (Å²) >= 11 is 0. The largest absolute Gasteiger partial charge is 0.419 e. The number of aromatic nitrogens is 1. The van der Waals surface area contributed by atoms with E-state index in [1.807, 2.05) is 18.2 Å². The minimum Gasteiger partial charge on any atom is -0.408 e. The Morgan fingerprint density at radius 2 is 2.26 bits per heavy atom. The standard InChI is InChI=1S/C14H19N3O2/c1-16(8-7-15-10-3-4-10)11-5-6-13-12(9-11)17(2)14(18)19-13/h5-6,9-10,15H,3-4,7-8H2,1-2H3. The lowest BCUT2D eigenvalue weighted by Crippen LogP contribution is -2.30. The number of benzene rings is 1. The molecule has 3 rings (SSSR count). The molecule has 1 saturated carbocycles. The summed E-state index contributed by atoms with van der Waals surface area (Å²) in [5.74, 6) is -0.315. The van der Waals surface area contributed by atoms with Crippen LogP contribution >= 0.6 is 0 Å². The highest BCUT2D eigenvalue weighted by atomic mass is 16.4. The first-order valence-electron chi connectivity index (χ1n) is 6.69. The molecule has 0 bridgehead atoms. The van der Waals surface area contributed by atoms with Crippen LogP contribution in [0, 0.1) is 0 Å². The van der Waals surface area contributed by atoms with Gasteiger partial charge in [0.2, 0.25) is 0 Å². The van der Waals surface area contributed by atoms with Crippen LogP contribution in [0.4, 0.5) is 5.69 Å². The van der Waals surface area contributed by atoms with Crippen molar-refractivity contribution in [2.45, 2.75) is 18.9 Å². The van der Waals surface area contributed by atoms with Crippen molar-refractivity contribution in [1.82, 2.24) is 9.88 Å². The van der Waals surface area contributed by atoms with Gasteiger partial charge in [0.25, 0.3) is 0 Å². The summed E-state index contributed by atoms with van der Waals surface area (Å²) in [7, 11) is 3.79. The summed E-state index contributed by atoms with van der Waals surface area (Å²) in [5, 5.41) is 3.49. The molecule has 0 atom stereocenters. The second kappa shape index (κ2) is 4.74. The van der Waals surface area contributed by atoms with E-state index >= 15 is 0 Å². The number of rotatable bonds is 5. The van der Waals surface area contributed by atoms with Gasteiger partial charge >= 0.3 is 5.76 Å². The molecule has 1 fully saturated rings. The Labute approximate surface area is 111 Å². The predicted molar refractivity (Wildman–Crippen MR) is 75.7 cm³/mol. The molecule has 1 heterocycles. The number of aryl methyl sites for hydroxylation is 1. The van der Waals surface area contributed by atoms with E-state index in [0.29, 0.717) is 5.58 Å². The van der Waals surface area contributed by atoms with Crippen LogP contribution in [0.15, 0.2) is 27.4 Å². The molecular weight excluding hydrogens is 242 g/mol. The molecule has 19 heavy (non-hydrogen) atoms. The van der Waals surface area contributed by atoms with Gasteiger partial charge in [0, 0.05) is 38.9 Å². The minimum absolute atomic E-state index is 0.315. The number of hydrogen-bond donors (Lipinski definition) is 1. The molecule has 1 aliphatic carbocycles. The third-order valence-electron chi connectivity index (χ3n) is 3.67. The molecular formula is C14H19N3O2. The lowest BCUT2D eigenvalue weighted by Gasteiger charge is -2.19. The molecule has 1 aromatic carbocycles. The third-order valence-corrected chi connectivity index (χ3v) is 3.67. The molecule has 102 valence electrons. The van der Waals surface area contributed by atoms with Crippen LogP contribution in [0.2, 0.25) is 0 Å². The fraction of sp³-hybridized carbons (Fsp3) is 0.500. The van der Waals surface area contributed by atoms with Gasteiger partial charge in [-0.3, -0.25) is 4.57 Å². The molecule has 0 unspecified atom stereocenters. The van der Waals surface area contributed by atoms with Crippen LogP contribution < -0.4 is 16.0 Å². The highest BCUT2D eigenvalue weighted by Gasteiger charge is 2.19. The van der Waals surface area contributed by atoms with Gasteiger partial charge in [-0.25, -0.2) is 4.79 Å². The summed E-state index contributed by atoms with van der Waals surface area (Å²) in [4.78, 5) is 13.6. The van der Waals surface area contributed by atoms with Gasteiger partial charge in [-0.1, -0.05) is 0 Å². The Bertz CT molecular complexity index is 640. The average Bonchev–Trinajstić information content (AvgIpc) is 3.17. The van der Waals surface area contributed by atoms with Crippen molar-refractivity contribution >= 4 is 16.8 Å². The Morgan fingerprint density at radius 1 is 1.47 bits per heavy atom. The number of nitrogens with zero attached hydrogens (tertiary/aromatic N) is 2. The Morgan fingerprint density at radius 3 is 3.00 bits per heavy atom. The van der Waals surface area contributed by atoms with Crippen molar-refractivity contribution in [1.29, 1.82) is 0 Å². The maximum absolute atomic E-state index is 11.4. The van der Waals surface area contributed by atoms with Crippen LogP contribution in [-0.2, 0) is 7.05 Å². The normalized spacial score (nSPS) is 15.1. The van der Waals surface area contributed by atoms with E-state index in [-0.39, 0.29) is 5.76 Å². The van der Waals surface area contributed by atoms with Crippen LogP contribution in [0.5, 0.6) is 0 Å². The lowest BCUT2D eigenvalue weighted by molar-refractivity contribution is 0.528. The van der Waals surface area contributed by atoms with Crippen molar-refractivity contribution < 1.29 is 4.42 Å². The van der Waals surface area contributed by atoms with Gasteiger partial charge in [-0.2, -0.15) is 0 Å². The second-order valence-electron chi connectivity index (χ2n) is 5.23. The lowest BCUT2D eigenvalue weighted by atomic mass is 10.2. The summed E-state index contributed by atoms with van der Waals surface area (Å²) in [6, 6.07) is 6.59. The van der Waals surface area contributed by atoms with E-state index in [2.05, 4.69) is 17.3 Å². The SMILES string of the molecule is CN(CCNC1CC1)c1ccc2oc(=O)n(C)c2c1. The molecule has 0 amide bonds. The number of likely N-dealkylation sites (N-methyl/N-ethyl adjacent to an activating group) is 1. The van der Waals surface area contributed by atoms with Crippen molar-refractivity contribution in [3.8, 4) is 0 Å². The summed E-state index contributed by atoms with van der Waals surface area (Å²) in [5.41, 5.74) is 2.58. The number of nitrogens with one attached hydrogen (secondary N) is 1. The minimum atomic E-state index is -0.315. The van der Waals surface area contributed by atoms with E-state index in [1.165, 1.54) is 17.4 Å². The number of fused-ring (bicyclic) bond motifs is 1. The van der Waals surface area contributed by atoms with Gasteiger partial charge < -0.3 is 14.6 Å². The summed E-state index contributed by atoms with van der Waals surface area (Å²) in [6.07, 6.45) is 2.62. The van der Waals surface area contributed by atoms with E-state index in [0.717, 1.165) is 30.3 Å². The molecule has 2 aromatic rings. The van der Waals surface area contributed by atoms with Crippen molar-refractivity contribution in [2.24, 2.45) is 7.05 Å². The van der Waals surface area contributed by atoms with Gasteiger partial charge in [0.05, 0.1) is 5.52 Å². The molecule has 1 aromatic heterocycles. The maximum atomic E-state index is 11.4. The smallest absolute Gasteiger partial charge is 0.408 e. The van der Waals surface area contributed by atoms with Crippen LogP contribution in [0.1, 0.15) is 12.8 Å². The first kappa shape index (κ1) is 12.3. The topological polar surface area (TPSA) is 50.4 Å². The van der Waals surface area contributed by atoms with Crippen molar-refractivity contribution in [2.75, 3.05) is 25.0 Å². The molecule has 0 saturated heterocycles. The number of hydrogen-bond acceptors (Lipinski definition) is 4. The quantitative estimate of drug-likeness (QED) is 0.882. The zero-order valence-electron chi connectivity index (χ0n) is 11.3. The highest BCUT2D eigenvalue weighted by molar-refractivity contribution is 5.77. The Hall–Kier alpha value is -1.75. The van der Waals surface area contributed by atoms with E-state index in [4.69, 9.17) is 4.42 Å². The van der Waals surface area contributed by atoms with E-state index < -0.39 is 0 Å². The second-order valence-corrected chi connectivity index (χ2v) is 5.23. The highest BCUT2D eigenvalue weighted by Crippen LogP contribution is 2.21. The Kier molecular flexibility index (Phi) is 3.06. The molecule has 0 aliphatic heterocycles. The van der Waals surface area contributed by atoms with Gasteiger partial charge in [0.1, 0.15) is 0 Å². The van der Waals surface area contributed by atoms with Gasteiger partial charge in [0.15, 0.2) is 5.58 Å². The Balaban J connectivity index is 1.75. The summed E-state index contributed by atoms with van der Waals surface area (Å²) in [6.45, 7) is 1.94. The first-order chi connectivity index (χ1) is 9.15. The number of anilines is 1. The fourth-order valence-electron chi connectivity index (χ4n) is 2.21. The van der Waals surface area contributed by atoms with Crippen LogP contribution in [0.3, 0.4) is 0 Å². The van der Waals surface area contributed by atoms with E-state index in [1.54, 1.807) is 7.05 Å². The fourth-order valence-corrected chi connectivity index (χ4v) is 2.21. The van der Waals surface area contributed by atoms with Crippen LogP contribution in [0.25, 0.3) is 11.1 Å². The molecule has 0 spiro atoms. The molecule has 0 radical (unpaired) electrons. The first-order valence-corrected chi connectivity index (χ1v) is 6.69. The van der Waals surface area contributed by atoms with E-state index in [9.17, 15) is 4.79 Å². The van der Waals surface area contributed by atoms with Crippen molar-refractivity contribution in [3.05, 3.63) is 28.7 Å². The average molecular weight is 261 g/mol. The monoisotopic (exact) mass is 261 g/mol. The predicted octanol–water partition coefficient (Wildman–Crippen LogP) is 1.32. The third kappa shape index (κ3) is 2.51. The zero-order chi connectivity index (χ0) is 13.4.